The highest BCUT2D eigenvalue weighted by atomic mass is 19.1. The first kappa shape index (κ1) is 11.0. The number of benzene rings is 1. The second-order valence-electron chi connectivity index (χ2n) is 4.28. The second-order valence-corrected chi connectivity index (χ2v) is 4.28. The first-order valence-electron chi connectivity index (χ1n) is 5.32. The molecule has 0 saturated heterocycles. The molecule has 0 aliphatic heterocycles. The van der Waals surface area contributed by atoms with Gasteiger partial charge in [-0.3, -0.25) is 4.98 Å². The summed E-state index contributed by atoms with van der Waals surface area (Å²) in [5.74, 6) is -0.277. The van der Waals surface area contributed by atoms with Crippen LogP contribution in [0.3, 0.4) is 0 Å². The molecule has 1 atom stereocenters. The van der Waals surface area contributed by atoms with Crippen LogP contribution in [0.2, 0.25) is 0 Å². The largest absolute Gasteiger partial charge is 0.324 e. The van der Waals surface area contributed by atoms with Gasteiger partial charge < -0.3 is 5.73 Å². The van der Waals surface area contributed by atoms with Crippen molar-refractivity contribution in [3.8, 4) is 0 Å². The predicted octanol–water partition coefficient (Wildman–Crippen LogP) is 3.01. The molecule has 0 radical (unpaired) electrons. The van der Waals surface area contributed by atoms with Crippen LogP contribution in [-0.2, 0) is 0 Å². The van der Waals surface area contributed by atoms with Gasteiger partial charge in [0.2, 0.25) is 0 Å². The Hall–Kier alpha value is -1.48. The van der Waals surface area contributed by atoms with E-state index in [9.17, 15) is 4.39 Å². The fraction of sp³-hybridized carbons (Fsp3) is 0.308. The van der Waals surface area contributed by atoms with Crippen molar-refractivity contribution in [2.24, 2.45) is 5.73 Å². The van der Waals surface area contributed by atoms with E-state index in [0.717, 1.165) is 22.2 Å². The Labute approximate surface area is 94.3 Å². The van der Waals surface area contributed by atoms with Crippen LogP contribution in [0, 0.1) is 19.7 Å². The van der Waals surface area contributed by atoms with Gasteiger partial charge >= 0.3 is 0 Å². The first-order chi connectivity index (χ1) is 7.49. The van der Waals surface area contributed by atoms with E-state index in [1.54, 1.807) is 0 Å². The zero-order chi connectivity index (χ0) is 11.9. The monoisotopic (exact) mass is 218 g/mol. The Kier molecular flexibility index (Phi) is 2.64. The fourth-order valence-corrected chi connectivity index (χ4v) is 1.96. The normalized spacial score (nSPS) is 13.1. The number of fused-ring (bicyclic) bond motifs is 1. The molecule has 0 saturated carbocycles. The van der Waals surface area contributed by atoms with Gasteiger partial charge in [-0.2, -0.15) is 0 Å². The lowest BCUT2D eigenvalue weighted by atomic mass is 10.0. The SMILES string of the molecule is Cc1cc(F)c2nc(C)cc(C(C)N)c2c1. The number of aryl methyl sites for hydroxylation is 2. The van der Waals surface area contributed by atoms with E-state index in [-0.39, 0.29) is 11.9 Å². The van der Waals surface area contributed by atoms with Gasteiger partial charge in [0.05, 0.1) is 0 Å². The van der Waals surface area contributed by atoms with Gasteiger partial charge in [-0.15, -0.1) is 0 Å². The summed E-state index contributed by atoms with van der Waals surface area (Å²) < 4.78 is 13.8. The Balaban J connectivity index is 2.89. The second kappa shape index (κ2) is 3.83. The van der Waals surface area contributed by atoms with Crippen LogP contribution in [0.4, 0.5) is 4.39 Å². The van der Waals surface area contributed by atoms with Crippen molar-refractivity contribution in [3.63, 3.8) is 0 Å². The Morgan fingerprint density at radius 3 is 2.56 bits per heavy atom. The topological polar surface area (TPSA) is 38.9 Å². The number of hydrogen-bond acceptors (Lipinski definition) is 2. The number of pyridine rings is 1. The molecule has 0 aliphatic carbocycles. The highest BCUT2D eigenvalue weighted by Gasteiger charge is 2.11. The fourth-order valence-electron chi connectivity index (χ4n) is 1.96. The minimum Gasteiger partial charge on any atom is -0.324 e. The number of nitrogens with zero attached hydrogens (tertiary/aromatic N) is 1. The van der Waals surface area contributed by atoms with Crippen LogP contribution >= 0.6 is 0 Å². The van der Waals surface area contributed by atoms with Crippen LogP contribution in [0.5, 0.6) is 0 Å². The maximum atomic E-state index is 13.8. The zero-order valence-electron chi connectivity index (χ0n) is 9.71. The summed E-state index contributed by atoms with van der Waals surface area (Å²) >= 11 is 0. The van der Waals surface area contributed by atoms with E-state index in [4.69, 9.17) is 5.73 Å². The summed E-state index contributed by atoms with van der Waals surface area (Å²) in [6, 6.07) is 5.24. The van der Waals surface area contributed by atoms with E-state index in [1.165, 1.54) is 6.07 Å². The summed E-state index contributed by atoms with van der Waals surface area (Å²) in [4.78, 5) is 4.23. The first-order valence-corrected chi connectivity index (χ1v) is 5.32. The Bertz CT molecular complexity index is 547. The molecule has 1 unspecified atom stereocenters. The molecule has 2 nitrogen and oxygen atoms in total. The van der Waals surface area contributed by atoms with Crippen LogP contribution in [0.25, 0.3) is 10.9 Å². The van der Waals surface area contributed by atoms with Gasteiger partial charge in [0, 0.05) is 17.1 Å². The molecule has 2 N–H and O–H groups in total. The molecule has 0 spiro atoms. The molecule has 0 aliphatic rings. The molecule has 0 bridgehead atoms. The van der Waals surface area contributed by atoms with Gasteiger partial charge in [0.15, 0.2) is 0 Å². The lowest BCUT2D eigenvalue weighted by molar-refractivity contribution is 0.635. The molecular weight excluding hydrogens is 203 g/mol. The molecule has 16 heavy (non-hydrogen) atoms. The molecule has 84 valence electrons. The molecule has 0 amide bonds. The third kappa shape index (κ3) is 1.78. The maximum absolute atomic E-state index is 13.8. The molecule has 1 aromatic heterocycles. The van der Waals surface area contributed by atoms with E-state index in [0.29, 0.717) is 5.52 Å². The lowest BCUT2D eigenvalue weighted by Crippen LogP contribution is -2.07. The van der Waals surface area contributed by atoms with Crippen molar-refractivity contribution in [2.45, 2.75) is 26.8 Å². The molecule has 1 aromatic carbocycles. The molecule has 0 fully saturated rings. The number of nitrogens with two attached hydrogens (primary N) is 1. The summed E-state index contributed by atoms with van der Waals surface area (Å²) in [6.45, 7) is 5.62. The minimum atomic E-state index is -0.277. The van der Waals surface area contributed by atoms with E-state index < -0.39 is 0 Å². The molecular formula is C13H15FN2. The Morgan fingerprint density at radius 1 is 1.25 bits per heavy atom. The molecule has 2 rings (SSSR count). The van der Waals surface area contributed by atoms with Crippen molar-refractivity contribution in [1.29, 1.82) is 0 Å². The number of halogens is 1. The Morgan fingerprint density at radius 2 is 1.94 bits per heavy atom. The van der Waals surface area contributed by atoms with Crippen LogP contribution in [0.15, 0.2) is 18.2 Å². The number of hydrogen-bond donors (Lipinski definition) is 1. The third-order valence-electron chi connectivity index (χ3n) is 2.66. The van der Waals surface area contributed by atoms with Crippen molar-refractivity contribution in [2.75, 3.05) is 0 Å². The average Bonchev–Trinajstić information content (AvgIpc) is 2.18. The molecule has 3 heteroatoms. The van der Waals surface area contributed by atoms with E-state index in [2.05, 4.69) is 4.98 Å². The summed E-state index contributed by atoms with van der Waals surface area (Å²) in [6.07, 6.45) is 0. The van der Waals surface area contributed by atoms with Gasteiger partial charge in [-0.05, 0) is 50.1 Å². The van der Waals surface area contributed by atoms with Crippen molar-refractivity contribution in [1.82, 2.24) is 4.98 Å². The van der Waals surface area contributed by atoms with Crippen LogP contribution < -0.4 is 5.73 Å². The highest BCUT2D eigenvalue weighted by molar-refractivity contribution is 5.84. The van der Waals surface area contributed by atoms with Crippen LogP contribution in [0.1, 0.15) is 29.8 Å². The molecule has 2 aromatic rings. The lowest BCUT2D eigenvalue weighted by Gasteiger charge is -2.12. The van der Waals surface area contributed by atoms with Crippen molar-refractivity contribution < 1.29 is 4.39 Å². The van der Waals surface area contributed by atoms with Crippen molar-refractivity contribution >= 4 is 10.9 Å². The minimum absolute atomic E-state index is 0.120. The molecule has 1 heterocycles. The third-order valence-corrected chi connectivity index (χ3v) is 2.66. The maximum Gasteiger partial charge on any atom is 0.149 e. The van der Waals surface area contributed by atoms with Crippen molar-refractivity contribution in [3.05, 3.63) is 40.8 Å². The van der Waals surface area contributed by atoms with Gasteiger partial charge in [0.1, 0.15) is 11.3 Å². The zero-order valence-corrected chi connectivity index (χ0v) is 9.71. The predicted molar refractivity (Wildman–Crippen MR) is 63.8 cm³/mol. The number of rotatable bonds is 1. The van der Waals surface area contributed by atoms with Gasteiger partial charge in [-0.25, -0.2) is 4.39 Å². The van der Waals surface area contributed by atoms with Crippen LogP contribution in [-0.4, -0.2) is 4.98 Å². The standard InChI is InChI=1S/C13H15FN2/c1-7-4-11-10(9(3)15)6-8(2)16-13(11)12(14)5-7/h4-6,9H,15H2,1-3H3. The van der Waals surface area contributed by atoms with E-state index >= 15 is 0 Å². The van der Waals surface area contributed by atoms with Gasteiger partial charge in [0.25, 0.3) is 0 Å². The van der Waals surface area contributed by atoms with Gasteiger partial charge in [-0.1, -0.05) is 0 Å². The summed E-state index contributed by atoms with van der Waals surface area (Å²) in [5, 5.41) is 0.818. The summed E-state index contributed by atoms with van der Waals surface area (Å²) in [5.41, 5.74) is 8.94. The quantitative estimate of drug-likeness (QED) is 0.799. The van der Waals surface area contributed by atoms with E-state index in [1.807, 2.05) is 32.9 Å². The smallest absolute Gasteiger partial charge is 0.149 e. The number of aromatic nitrogens is 1. The average molecular weight is 218 g/mol. The highest BCUT2D eigenvalue weighted by Crippen LogP contribution is 2.25. The summed E-state index contributed by atoms with van der Waals surface area (Å²) in [7, 11) is 0.